The van der Waals surface area contributed by atoms with E-state index in [-0.39, 0.29) is 18.0 Å². The van der Waals surface area contributed by atoms with Gasteiger partial charge >= 0.3 is 5.97 Å². The number of benzene rings is 1. The van der Waals surface area contributed by atoms with E-state index >= 15 is 0 Å². The lowest BCUT2D eigenvalue weighted by Crippen LogP contribution is -2.43. The summed E-state index contributed by atoms with van der Waals surface area (Å²) in [6.45, 7) is 0.620. The summed E-state index contributed by atoms with van der Waals surface area (Å²) >= 11 is 3.37. The first kappa shape index (κ1) is 18.3. The lowest BCUT2D eigenvalue weighted by Gasteiger charge is -2.30. The van der Waals surface area contributed by atoms with E-state index in [9.17, 15) is 14.4 Å². The zero-order valence-corrected chi connectivity index (χ0v) is 15.6. The summed E-state index contributed by atoms with van der Waals surface area (Å²) in [4.78, 5) is 37.1. The van der Waals surface area contributed by atoms with Crippen LogP contribution in [0.3, 0.4) is 0 Å². The number of hydrogen-bond acceptors (Lipinski definition) is 4. The highest BCUT2D eigenvalue weighted by Crippen LogP contribution is 2.19. The summed E-state index contributed by atoms with van der Waals surface area (Å²) < 4.78 is 2.10. The highest BCUT2D eigenvalue weighted by atomic mass is 79.9. The van der Waals surface area contributed by atoms with Gasteiger partial charge in [-0.05, 0) is 31.0 Å². The van der Waals surface area contributed by atoms with Crippen molar-refractivity contribution in [3.05, 3.63) is 51.2 Å². The molecule has 3 rings (SSSR count). The van der Waals surface area contributed by atoms with Crippen LogP contribution in [0.1, 0.15) is 12.8 Å². The molecular weight excluding hydrogens is 402 g/mol. The molecule has 0 aliphatic carbocycles. The first-order valence-electron chi connectivity index (χ1n) is 8.29. The van der Waals surface area contributed by atoms with E-state index in [0.717, 1.165) is 14.7 Å². The van der Waals surface area contributed by atoms with Crippen LogP contribution in [0.15, 0.2) is 45.7 Å². The quantitative estimate of drug-likeness (QED) is 0.817. The highest BCUT2D eigenvalue weighted by molar-refractivity contribution is 9.10. The normalized spacial score (nSPS) is 15.0. The first-order chi connectivity index (χ1) is 12.4. The predicted octanol–water partition coefficient (Wildman–Crippen LogP) is 2.00. The molecule has 1 N–H and O–H groups in total. The predicted molar refractivity (Wildman–Crippen MR) is 98.6 cm³/mol. The average Bonchev–Trinajstić information content (AvgIpc) is 2.64. The van der Waals surface area contributed by atoms with Crippen molar-refractivity contribution < 1.29 is 14.7 Å². The van der Waals surface area contributed by atoms with Gasteiger partial charge in [0.25, 0.3) is 5.56 Å². The summed E-state index contributed by atoms with van der Waals surface area (Å²) in [7, 11) is 0. The van der Waals surface area contributed by atoms with Gasteiger partial charge in [-0.1, -0.05) is 28.1 Å². The minimum Gasteiger partial charge on any atom is -0.481 e. The number of piperidine rings is 1. The Morgan fingerprint density at radius 3 is 2.38 bits per heavy atom. The standard InChI is InChI=1S/C18H18BrN3O4/c19-14-3-1-12(2-4-14)15-5-6-16(23)22(20-15)11-17(24)21-9-7-13(8-10-21)18(25)26/h1-6,13H,7-11H2,(H,25,26). The summed E-state index contributed by atoms with van der Waals surface area (Å²) in [5, 5.41) is 13.3. The highest BCUT2D eigenvalue weighted by Gasteiger charge is 2.27. The summed E-state index contributed by atoms with van der Waals surface area (Å²) in [5.41, 5.74) is 1.10. The number of carboxylic acid groups (broad SMARTS) is 1. The van der Waals surface area contributed by atoms with E-state index in [2.05, 4.69) is 21.0 Å². The number of nitrogens with zero attached hydrogens (tertiary/aromatic N) is 3. The summed E-state index contributed by atoms with van der Waals surface area (Å²) in [5.74, 6) is -1.45. The minimum atomic E-state index is -0.822. The van der Waals surface area contributed by atoms with Crippen molar-refractivity contribution in [2.24, 2.45) is 5.92 Å². The number of amides is 1. The Morgan fingerprint density at radius 1 is 1.12 bits per heavy atom. The molecule has 0 atom stereocenters. The van der Waals surface area contributed by atoms with Crippen molar-refractivity contribution in [3.63, 3.8) is 0 Å². The Morgan fingerprint density at radius 2 is 1.77 bits per heavy atom. The van der Waals surface area contributed by atoms with Crippen LogP contribution in [-0.2, 0) is 16.1 Å². The van der Waals surface area contributed by atoms with Gasteiger partial charge in [0.1, 0.15) is 6.54 Å². The van der Waals surface area contributed by atoms with Crippen LogP contribution in [0.4, 0.5) is 0 Å². The van der Waals surface area contributed by atoms with Crippen LogP contribution >= 0.6 is 15.9 Å². The molecule has 2 heterocycles. The molecular formula is C18H18BrN3O4. The van der Waals surface area contributed by atoms with Crippen LogP contribution < -0.4 is 5.56 Å². The zero-order chi connectivity index (χ0) is 18.7. The molecule has 0 unspecified atom stereocenters. The summed E-state index contributed by atoms with van der Waals surface area (Å²) in [6.07, 6.45) is 0.866. The van der Waals surface area contributed by atoms with Gasteiger partial charge < -0.3 is 10.0 Å². The number of rotatable bonds is 4. The van der Waals surface area contributed by atoms with Gasteiger partial charge in [-0.2, -0.15) is 5.10 Å². The SMILES string of the molecule is O=C(O)C1CCN(C(=O)Cn2nc(-c3ccc(Br)cc3)ccc2=O)CC1. The van der Waals surface area contributed by atoms with Crippen LogP contribution in [0.2, 0.25) is 0 Å². The molecule has 136 valence electrons. The molecule has 1 amide bonds. The molecule has 1 aromatic carbocycles. The second kappa shape index (κ2) is 7.82. The monoisotopic (exact) mass is 419 g/mol. The molecule has 1 fully saturated rings. The third-order valence-corrected chi connectivity index (χ3v) is 5.02. The Bertz CT molecular complexity index is 871. The van der Waals surface area contributed by atoms with E-state index < -0.39 is 11.9 Å². The van der Waals surface area contributed by atoms with Gasteiger partial charge in [0.05, 0.1) is 11.6 Å². The fraction of sp³-hybridized carbons (Fsp3) is 0.333. The number of carbonyl (C=O) groups is 2. The van der Waals surface area contributed by atoms with Gasteiger partial charge in [-0.3, -0.25) is 14.4 Å². The van der Waals surface area contributed by atoms with Gasteiger partial charge in [-0.25, -0.2) is 4.68 Å². The maximum atomic E-state index is 12.5. The van der Waals surface area contributed by atoms with E-state index in [0.29, 0.717) is 31.6 Å². The van der Waals surface area contributed by atoms with Crippen LogP contribution in [0.25, 0.3) is 11.3 Å². The Balaban J connectivity index is 1.72. The summed E-state index contributed by atoms with van der Waals surface area (Å²) in [6, 6.07) is 10.5. The van der Waals surface area contributed by atoms with Gasteiger partial charge in [0.15, 0.2) is 0 Å². The van der Waals surface area contributed by atoms with Crippen LogP contribution in [0, 0.1) is 5.92 Å². The third kappa shape index (κ3) is 4.19. The van der Waals surface area contributed by atoms with Crippen molar-refractivity contribution in [2.75, 3.05) is 13.1 Å². The van der Waals surface area contributed by atoms with E-state index in [1.807, 2.05) is 24.3 Å². The lowest BCUT2D eigenvalue weighted by molar-refractivity contribution is -0.145. The fourth-order valence-corrected chi connectivity index (χ4v) is 3.21. The van der Waals surface area contributed by atoms with Crippen LogP contribution in [0.5, 0.6) is 0 Å². The second-order valence-corrected chi connectivity index (χ2v) is 7.13. The van der Waals surface area contributed by atoms with E-state index in [4.69, 9.17) is 5.11 Å². The molecule has 0 spiro atoms. The number of carbonyl (C=O) groups excluding carboxylic acids is 1. The Hall–Kier alpha value is -2.48. The molecule has 1 saturated heterocycles. The van der Waals surface area contributed by atoms with Gasteiger partial charge in [-0.15, -0.1) is 0 Å². The van der Waals surface area contributed by atoms with Crippen molar-refractivity contribution in [3.8, 4) is 11.3 Å². The molecule has 2 aromatic rings. The molecule has 1 aromatic heterocycles. The number of halogens is 1. The molecule has 7 nitrogen and oxygen atoms in total. The third-order valence-electron chi connectivity index (χ3n) is 4.49. The largest absolute Gasteiger partial charge is 0.481 e. The van der Waals surface area contributed by atoms with Crippen LogP contribution in [-0.4, -0.2) is 44.8 Å². The second-order valence-electron chi connectivity index (χ2n) is 6.21. The van der Waals surface area contributed by atoms with Crippen molar-refractivity contribution >= 4 is 27.8 Å². The zero-order valence-electron chi connectivity index (χ0n) is 14.0. The number of likely N-dealkylation sites (tertiary alicyclic amines) is 1. The Labute approximate surface area is 158 Å². The number of aromatic nitrogens is 2. The topological polar surface area (TPSA) is 92.5 Å². The Kier molecular flexibility index (Phi) is 5.51. The molecule has 1 aliphatic heterocycles. The number of aliphatic carboxylic acids is 1. The minimum absolute atomic E-state index is 0.152. The molecule has 0 bridgehead atoms. The first-order valence-corrected chi connectivity index (χ1v) is 9.08. The molecule has 0 radical (unpaired) electrons. The van der Waals surface area contributed by atoms with Crippen molar-refractivity contribution in [2.45, 2.75) is 19.4 Å². The maximum absolute atomic E-state index is 12.5. The smallest absolute Gasteiger partial charge is 0.306 e. The number of hydrogen-bond donors (Lipinski definition) is 1. The van der Waals surface area contributed by atoms with E-state index in [1.54, 1.807) is 11.0 Å². The van der Waals surface area contributed by atoms with Gasteiger partial charge in [0, 0.05) is 29.2 Å². The molecule has 26 heavy (non-hydrogen) atoms. The number of carboxylic acids is 1. The molecule has 8 heteroatoms. The van der Waals surface area contributed by atoms with Gasteiger partial charge in [0.2, 0.25) is 5.91 Å². The fourth-order valence-electron chi connectivity index (χ4n) is 2.94. The lowest BCUT2D eigenvalue weighted by atomic mass is 9.97. The van der Waals surface area contributed by atoms with Crippen molar-refractivity contribution in [1.82, 2.24) is 14.7 Å². The average molecular weight is 420 g/mol. The maximum Gasteiger partial charge on any atom is 0.306 e. The molecule has 1 aliphatic rings. The van der Waals surface area contributed by atoms with Crippen molar-refractivity contribution in [1.29, 1.82) is 0 Å². The van der Waals surface area contributed by atoms with E-state index in [1.165, 1.54) is 6.07 Å². The molecule has 0 saturated carbocycles.